The van der Waals surface area contributed by atoms with Crippen molar-refractivity contribution in [2.45, 2.75) is 20.3 Å². The summed E-state index contributed by atoms with van der Waals surface area (Å²) in [6.07, 6.45) is 0.248. The van der Waals surface area contributed by atoms with Crippen LogP contribution in [0.2, 0.25) is 0 Å². The summed E-state index contributed by atoms with van der Waals surface area (Å²) in [5, 5.41) is 6.59. The molecule has 114 valence electrons. The summed E-state index contributed by atoms with van der Waals surface area (Å²) < 4.78 is 10.2. The molecule has 0 aliphatic rings. The normalized spacial score (nSPS) is 9.77. The van der Waals surface area contributed by atoms with Crippen molar-refractivity contribution in [1.29, 1.82) is 0 Å². The number of rotatable bonds is 4. The molecule has 2 aromatic rings. The van der Waals surface area contributed by atoms with Crippen molar-refractivity contribution in [2.24, 2.45) is 0 Å². The van der Waals surface area contributed by atoms with Gasteiger partial charge in [-0.15, -0.1) is 0 Å². The van der Waals surface area contributed by atoms with Gasteiger partial charge in [0.25, 0.3) is 0 Å². The fourth-order valence-corrected chi connectivity index (χ4v) is 2.01. The first-order chi connectivity index (χ1) is 10.6. The average Bonchev–Trinajstić information content (AvgIpc) is 2.84. The van der Waals surface area contributed by atoms with E-state index in [-0.39, 0.29) is 18.9 Å². The number of hydrogen-bond acceptors (Lipinski definition) is 4. The van der Waals surface area contributed by atoms with E-state index in [4.69, 9.17) is 9.26 Å². The molecule has 5 nitrogen and oxygen atoms in total. The fraction of sp³-hybridized carbons (Fsp3) is 0.294. The first-order valence-electron chi connectivity index (χ1n) is 6.92. The van der Waals surface area contributed by atoms with Gasteiger partial charge in [-0.25, -0.2) is 0 Å². The number of aryl methyl sites for hydroxylation is 2. The molecule has 0 saturated heterocycles. The first kappa shape index (κ1) is 15.6. The molecule has 0 spiro atoms. The molecule has 0 aliphatic carbocycles. The average molecular weight is 298 g/mol. The second-order valence-electron chi connectivity index (χ2n) is 4.76. The van der Waals surface area contributed by atoms with Crippen LogP contribution in [0, 0.1) is 25.7 Å². The van der Waals surface area contributed by atoms with Gasteiger partial charge >= 0.3 is 0 Å². The van der Waals surface area contributed by atoms with Crippen LogP contribution < -0.4 is 10.1 Å². The van der Waals surface area contributed by atoms with E-state index in [1.54, 1.807) is 14.0 Å². The van der Waals surface area contributed by atoms with Gasteiger partial charge in [0.05, 0.1) is 31.3 Å². The lowest BCUT2D eigenvalue weighted by molar-refractivity contribution is -0.120. The van der Waals surface area contributed by atoms with Gasteiger partial charge in [0.2, 0.25) is 5.91 Å². The molecule has 22 heavy (non-hydrogen) atoms. The highest BCUT2D eigenvalue weighted by atomic mass is 16.5. The van der Waals surface area contributed by atoms with E-state index >= 15 is 0 Å². The summed E-state index contributed by atoms with van der Waals surface area (Å²) in [5.41, 5.74) is 2.37. The molecule has 0 fully saturated rings. The van der Waals surface area contributed by atoms with E-state index in [9.17, 15) is 4.79 Å². The molecule has 1 N–H and O–H groups in total. The predicted molar refractivity (Wildman–Crippen MR) is 82.6 cm³/mol. The maximum absolute atomic E-state index is 11.9. The zero-order chi connectivity index (χ0) is 15.9. The van der Waals surface area contributed by atoms with Crippen molar-refractivity contribution < 1.29 is 14.1 Å². The van der Waals surface area contributed by atoms with Crippen LogP contribution in [0.15, 0.2) is 28.8 Å². The second-order valence-corrected chi connectivity index (χ2v) is 4.76. The van der Waals surface area contributed by atoms with Crippen LogP contribution in [0.3, 0.4) is 0 Å². The minimum Gasteiger partial charge on any atom is -0.495 e. The molecule has 0 saturated carbocycles. The highest BCUT2D eigenvalue weighted by Crippen LogP contribution is 2.15. The quantitative estimate of drug-likeness (QED) is 0.877. The Morgan fingerprint density at radius 2 is 2.14 bits per heavy atom. The topological polar surface area (TPSA) is 64.4 Å². The molecule has 5 heteroatoms. The molecule has 0 bridgehead atoms. The first-order valence-corrected chi connectivity index (χ1v) is 6.92. The van der Waals surface area contributed by atoms with E-state index < -0.39 is 0 Å². The Labute approximate surface area is 129 Å². The molecular weight excluding hydrogens is 280 g/mol. The zero-order valence-corrected chi connectivity index (χ0v) is 12.9. The van der Waals surface area contributed by atoms with E-state index in [2.05, 4.69) is 22.3 Å². The lowest BCUT2D eigenvalue weighted by Gasteiger charge is -2.02. The molecule has 1 aromatic carbocycles. The van der Waals surface area contributed by atoms with Crippen LogP contribution in [-0.4, -0.2) is 24.7 Å². The van der Waals surface area contributed by atoms with Crippen LogP contribution in [0.5, 0.6) is 5.75 Å². The summed E-state index contributed by atoms with van der Waals surface area (Å²) in [5.74, 6) is 7.18. The molecule has 0 aliphatic heterocycles. The van der Waals surface area contributed by atoms with Crippen molar-refractivity contribution in [1.82, 2.24) is 10.5 Å². The molecule has 0 unspecified atom stereocenters. The number of para-hydroxylation sites is 1. The van der Waals surface area contributed by atoms with Gasteiger partial charge in [0.15, 0.2) is 0 Å². The van der Waals surface area contributed by atoms with Crippen LogP contribution in [-0.2, 0) is 11.2 Å². The summed E-state index contributed by atoms with van der Waals surface area (Å²) >= 11 is 0. The van der Waals surface area contributed by atoms with Crippen molar-refractivity contribution in [3.63, 3.8) is 0 Å². The lowest BCUT2D eigenvalue weighted by atomic mass is 10.1. The number of aromatic nitrogens is 1. The predicted octanol–water partition coefficient (Wildman–Crippen LogP) is 2.01. The summed E-state index contributed by atoms with van der Waals surface area (Å²) in [7, 11) is 1.60. The third kappa shape index (κ3) is 3.89. The zero-order valence-electron chi connectivity index (χ0n) is 12.9. The SMILES string of the molecule is COc1ccccc1C#CCNC(=O)Cc1c(C)noc1C. The molecule has 1 heterocycles. The van der Waals surface area contributed by atoms with Crippen LogP contribution >= 0.6 is 0 Å². The summed E-state index contributed by atoms with van der Waals surface area (Å²) in [6, 6.07) is 7.50. The Hall–Kier alpha value is -2.74. The summed E-state index contributed by atoms with van der Waals surface area (Å²) in [4.78, 5) is 11.9. The number of carbonyl (C=O) groups is 1. The highest BCUT2D eigenvalue weighted by Gasteiger charge is 2.12. The standard InChI is InChI=1S/C17H18N2O3/c1-12-15(13(2)22-19-12)11-17(20)18-10-6-8-14-7-4-5-9-16(14)21-3/h4-5,7,9H,10-11H2,1-3H3,(H,18,20). The maximum atomic E-state index is 11.9. The Kier molecular flexibility index (Phi) is 5.21. The number of methoxy groups -OCH3 is 1. The number of nitrogens with zero attached hydrogens (tertiary/aromatic N) is 1. The Morgan fingerprint density at radius 3 is 2.82 bits per heavy atom. The molecule has 2 rings (SSSR count). The number of hydrogen-bond donors (Lipinski definition) is 1. The van der Waals surface area contributed by atoms with E-state index in [1.807, 2.05) is 31.2 Å². The largest absolute Gasteiger partial charge is 0.495 e. The Balaban J connectivity index is 1.89. The minimum atomic E-state index is -0.108. The van der Waals surface area contributed by atoms with Crippen molar-refractivity contribution in [3.05, 3.63) is 46.8 Å². The van der Waals surface area contributed by atoms with Crippen molar-refractivity contribution in [2.75, 3.05) is 13.7 Å². The Morgan fingerprint density at radius 1 is 1.36 bits per heavy atom. The minimum absolute atomic E-state index is 0.108. The monoisotopic (exact) mass is 298 g/mol. The fourth-order valence-electron chi connectivity index (χ4n) is 2.01. The lowest BCUT2D eigenvalue weighted by Crippen LogP contribution is -2.25. The number of nitrogens with one attached hydrogen (secondary N) is 1. The van der Waals surface area contributed by atoms with Gasteiger partial charge in [-0.05, 0) is 26.0 Å². The molecule has 1 amide bonds. The van der Waals surface area contributed by atoms with Crippen molar-refractivity contribution in [3.8, 4) is 17.6 Å². The van der Waals surface area contributed by atoms with E-state index in [0.29, 0.717) is 5.76 Å². The smallest absolute Gasteiger partial charge is 0.225 e. The number of carbonyl (C=O) groups excluding carboxylic acids is 1. The molecule has 0 radical (unpaired) electrons. The van der Waals surface area contributed by atoms with Crippen LogP contribution in [0.25, 0.3) is 0 Å². The number of benzene rings is 1. The van der Waals surface area contributed by atoms with E-state index in [0.717, 1.165) is 22.6 Å². The maximum Gasteiger partial charge on any atom is 0.225 e. The Bertz CT molecular complexity index is 703. The molecule has 1 aromatic heterocycles. The molecular formula is C17H18N2O3. The summed E-state index contributed by atoms with van der Waals surface area (Å²) in [6.45, 7) is 3.89. The highest BCUT2D eigenvalue weighted by molar-refractivity contribution is 5.79. The third-order valence-electron chi connectivity index (χ3n) is 3.22. The van der Waals surface area contributed by atoms with Crippen LogP contribution in [0.4, 0.5) is 0 Å². The van der Waals surface area contributed by atoms with Gasteiger partial charge in [-0.3, -0.25) is 4.79 Å². The number of ether oxygens (including phenoxy) is 1. The van der Waals surface area contributed by atoms with Gasteiger partial charge in [0, 0.05) is 5.56 Å². The second kappa shape index (κ2) is 7.32. The van der Waals surface area contributed by atoms with Gasteiger partial charge in [0.1, 0.15) is 11.5 Å². The van der Waals surface area contributed by atoms with Gasteiger partial charge in [-0.2, -0.15) is 0 Å². The van der Waals surface area contributed by atoms with Crippen LogP contribution in [0.1, 0.15) is 22.6 Å². The molecule has 0 atom stereocenters. The third-order valence-corrected chi connectivity index (χ3v) is 3.22. The van der Waals surface area contributed by atoms with Gasteiger partial charge < -0.3 is 14.6 Å². The van der Waals surface area contributed by atoms with Gasteiger partial charge in [-0.1, -0.05) is 29.1 Å². The number of amides is 1. The van der Waals surface area contributed by atoms with Crippen molar-refractivity contribution >= 4 is 5.91 Å². The van der Waals surface area contributed by atoms with E-state index in [1.165, 1.54) is 0 Å².